The van der Waals surface area contributed by atoms with Gasteiger partial charge >= 0.3 is 0 Å². The van der Waals surface area contributed by atoms with E-state index in [9.17, 15) is 0 Å². The third kappa shape index (κ3) is 3.22. The van der Waals surface area contributed by atoms with Gasteiger partial charge < -0.3 is 9.40 Å². The average molecular weight is 401 g/mol. The van der Waals surface area contributed by atoms with Crippen molar-refractivity contribution in [1.82, 2.24) is 20.2 Å². The summed E-state index contributed by atoms with van der Waals surface area (Å²) in [6.45, 7) is 2.06. The van der Waals surface area contributed by atoms with Crippen LogP contribution in [0.1, 0.15) is 11.5 Å². The first-order valence-corrected chi connectivity index (χ1v) is 9.13. The summed E-state index contributed by atoms with van der Waals surface area (Å²) in [4.78, 5) is 7.86. The van der Waals surface area contributed by atoms with Crippen molar-refractivity contribution in [1.29, 1.82) is 0 Å². The normalized spacial score (nSPS) is 11.2. The van der Waals surface area contributed by atoms with Gasteiger partial charge in [-0.05, 0) is 48.9 Å². The van der Waals surface area contributed by atoms with Gasteiger partial charge in [-0.1, -0.05) is 33.8 Å². The maximum absolute atomic E-state index is 5.72. The van der Waals surface area contributed by atoms with Gasteiger partial charge in [0.25, 0.3) is 0 Å². The van der Waals surface area contributed by atoms with Crippen LogP contribution in [0.15, 0.2) is 56.5 Å². The standard InChI is InChI=1S/C17H13BrN4OS/c1-10-2-7-13-14(8-10)20-17(19-13)24-9-15-21-22-16(23-15)11-3-5-12(18)6-4-11/h2-8H,9H2,1H3,(H,19,20). The van der Waals surface area contributed by atoms with Crippen molar-refractivity contribution in [3.63, 3.8) is 0 Å². The first kappa shape index (κ1) is 15.4. The number of aryl methyl sites for hydroxylation is 1. The Morgan fingerprint density at radius 1 is 1.12 bits per heavy atom. The van der Waals surface area contributed by atoms with E-state index in [1.165, 1.54) is 5.56 Å². The molecular weight excluding hydrogens is 388 g/mol. The highest BCUT2D eigenvalue weighted by molar-refractivity contribution is 9.10. The van der Waals surface area contributed by atoms with Gasteiger partial charge in [0, 0.05) is 10.0 Å². The first-order chi connectivity index (χ1) is 11.7. The van der Waals surface area contributed by atoms with Crippen molar-refractivity contribution in [2.75, 3.05) is 0 Å². The van der Waals surface area contributed by atoms with Crippen LogP contribution in [-0.2, 0) is 5.75 Å². The Balaban J connectivity index is 1.48. The van der Waals surface area contributed by atoms with E-state index in [2.05, 4.69) is 55.2 Å². The molecule has 0 amide bonds. The lowest BCUT2D eigenvalue weighted by Gasteiger charge is -1.95. The summed E-state index contributed by atoms with van der Waals surface area (Å²) in [7, 11) is 0. The number of hydrogen-bond acceptors (Lipinski definition) is 5. The molecule has 0 aliphatic rings. The van der Waals surface area contributed by atoms with Crippen LogP contribution in [0.2, 0.25) is 0 Å². The van der Waals surface area contributed by atoms with Crippen LogP contribution in [0.3, 0.4) is 0 Å². The summed E-state index contributed by atoms with van der Waals surface area (Å²) < 4.78 is 6.74. The number of fused-ring (bicyclic) bond motifs is 1. The topological polar surface area (TPSA) is 67.6 Å². The van der Waals surface area contributed by atoms with Crippen molar-refractivity contribution in [2.24, 2.45) is 0 Å². The number of benzene rings is 2. The number of nitrogens with one attached hydrogen (secondary N) is 1. The Labute approximate surface area is 151 Å². The third-order valence-electron chi connectivity index (χ3n) is 3.51. The maximum atomic E-state index is 5.72. The summed E-state index contributed by atoms with van der Waals surface area (Å²) in [5.41, 5.74) is 4.11. The van der Waals surface area contributed by atoms with E-state index in [1.54, 1.807) is 11.8 Å². The number of halogens is 1. The van der Waals surface area contributed by atoms with Crippen LogP contribution in [0.25, 0.3) is 22.5 Å². The number of rotatable bonds is 4. The summed E-state index contributed by atoms with van der Waals surface area (Å²) in [6.07, 6.45) is 0. The van der Waals surface area contributed by atoms with Gasteiger partial charge in [-0.15, -0.1) is 10.2 Å². The van der Waals surface area contributed by atoms with E-state index in [-0.39, 0.29) is 0 Å². The number of thioether (sulfide) groups is 1. The monoisotopic (exact) mass is 400 g/mol. The van der Waals surface area contributed by atoms with Gasteiger partial charge in [0.05, 0.1) is 16.8 Å². The molecule has 4 rings (SSSR count). The Kier molecular flexibility index (Phi) is 4.12. The molecule has 0 radical (unpaired) electrons. The average Bonchev–Trinajstić information content (AvgIpc) is 3.19. The second-order valence-corrected chi connectivity index (χ2v) is 7.24. The largest absolute Gasteiger partial charge is 0.420 e. The molecule has 0 aliphatic carbocycles. The summed E-state index contributed by atoms with van der Waals surface area (Å²) in [5, 5.41) is 9.06. The molecule has 24 heavy (non-hydrogen) atoms. The van der Waals surface area contributed by atoms with E-state index < -0.39 is 0 Å². The minimum Gasteiger partial charge on any atom is -0.420 e. The SMILES string of the molecule is Cc1ccc2nc(SCc3nnc(-c4ccc(Br)cc4)o3)[nH]c2c1. The van der Waals surface area contributed by atoms with Crippen molar-refractivity contribution in [2.45, 2.75) is 17.8 Å². The highest BCUT2D eigenvalue weighted by Crippen LogP contribution is 2.25. The lowest BCUT2D eigenvalue weighted by atomic mass is 10.2. The van der Waals surface area contributed by atoms with Gasteiger partial charge in [0.2, 0.25) is 11.8 Å². The number of imidazole rings is 1. The molecular formula is C17H13BrN4OS. The minimum atomic E-state index is 0.526. The van der Waals surface area contributed by atoms with E-state index in [4.69, 9.17) is 4.42 Å². The van der Waals surface area contributed by atoms with E-state index >= 15 is 0 Å². The van der Waals surface area contributed by atoms with Crippen molar-refractivity contribution in [3.8, 4) is 11.5 Å². The Morgan fingerprint density at radius 3 is 2.79 bits per heavy atom. The molecule has 0 bridgehead atoms. The van der Waals surface area contributed by atoms with Gasteiger partial charge in [0.15, 0.2) is 5.16 Å². The first-order valence-electron chi connectivity index (χ1n) is 7.35. The molecule has 0 spiro atoms. The predicted octanol–water partition coefficient (Wildman–Crippen LogP) is 4.98. The second kappa shape index (κ2) is 6.41. The number of nitrogens with zero attached hydrogens (tertiary/aromatic N) is 3. The smallest absolute Gasteiger partial charge is 0.247 e. The quantitative estimate of drug-likeness (QED) is 0.489. The maximum Gasteiger partial charge on any atom is 0.247 e. The van der Waals surface area contributed by atoms with Gasteiger partial charge in [-0.3, -0.25) is 0 Å². The summed E-state index contributed by atoms with van der Waals surface area (Å²) >= 11 is 4.96. The zero-order chi connectivity index (χ0) is 16.5. The minimum absolute atomic E-state index is 0.526. The third-order valence-corrected chi connectivity index (χ3v) is 4.89. The lowest BCUT2D eigenvalue weighted by Crippen LogP contribution is -1.81. The second-order valence-electron chi connectivity index (χ2n) is 5.36. The fourth-order valence-electron chi connectivity index (χ4n) is 2.32. The van der Waals surface area contributed by atoms with Gasteiger partial charge in [-0.25, -0.2) is 4.98 Å². The van der Waals surface area contributed by atoms with E-state index in [0.29, 0.717) is 17.5 Å². The summed E-state index contributed by atoms with van der Waals surface area (Å²) in [6, 6.07) is 13.9. The molecule has 0 aliphatic heterocycles. The summed E-state index contributed by atoms with van der Waals surface area (Å²) in [5.74, 6) is 1.68. The molecule has 2 aromatic carbocycles. The zero-order valence-electron chi connectivity index (χ0n) is 12.8. The molecule has 5 nitrogen and oxygen atoms in total. The van der Waals surface area contributed by atoms with E-state index in [1.807, 2.05) is 30.3 Å². The van der Waals surface area contributed by atoms with Crippen LogP contribution in [0.5, 0.6) is 0 Å². The van der Waals surface area contributed by atoms with Crippen molar-refractivity contribution < 1.29 is 4.42 Å². The van der Waals surface area contributed by atoms with Crippen molar-refractivity contribution >= 4 is 38.7 Å². The van der Waals surface area contributed by atoms with Crippen LogP contribution in [-0.4, -0.2) is 20.2 Å². The molecule has 7 heteroatoms. The predicted molar refractivity (Wildman–Crippen MR) is 97.8 cm³/mol. The van der Waals surface area contributed by atoms with Gasteiger partial charge in [0.1, 0.15) is 0 Å². The Morgan fingerprint density at radius 2 is 1.96 bits per heavy atom. The van der Waals surface area contributed by atoms with Crippen molar-refractivity contribution in [3.05, 3.63) is 58.4 Å². The molecule has 2 aromatic heterocycles. The zero-order valence-corrected chi connectivity index (χ0v) is 15.2. The Bertz CT molecular complexity index is 993. The fraction of sp³-hybridized carbons (Fsp3) is 0.118. The fourth-order valence-corrected chi connectivity index (χ4v) is 3.31. The number of aromatic nitrogens is 4. The molecule has 0 saturated carbocycles. The number of hydrogen-bond donors (Lipinski definition) is 1. The highest BCUT2D eigenvalue weighted by atomic mass is 79.9. The van der Waals surface area contributed by atoms with Crippen LogP contribution in [0.4, 0.5) is 0 Å². The molecule has 4 aromatic rings. The molecule has 2 heterocycles. The van der Waals surface area contributed by atoms with Crippen LogP contribution in [0, 0.1) is 6.92 Å². The molecule has 120 valence electrons. The van der Waals surface area contributed by atoms with Gasteiger partial charge in [-0.2, -0.15) is 0 Å². The Hall–Kier alpha value is -2.12. The molecule has 1 N–H and O–H groups in total. The molecule has 0 fully saturated rings. The number of aromatic amines is 1. The molecule has 0 unspecified atom stereocenters. The molecule has 0 saturated heterocycles. The highest BCUT2D eigenvalue weighted by Gasteiger charge is 2.10. The van der Waals surface area contributed by atoms with Crippen LogP contribution >= 0.6 is 27.7 Å². The molecule has 0 atom stereocenters. The number of H-pyrrole nitrogens is 1. The van der Waals surface area contributed by atoms with E-state index in [0.717, 1.165) is 26.2 Å². The van der Waals surface area contributed by atoms with Crippen LogP contribution < -0.4 is 0 Å². The lowest BCUT2D eigenvalue weighted by molar-refractivity contribution is 0.528.